The lowest BCUT2D eigenvalue weighted by Crippen LogP contribution is -2.28. The fraction of sp³-hybridized carbons (Fsp3) is 0.346. The fourth-order valence-corrected chi connectivity index (χ4v) is 4.61. The minimum atomic E-state index is -0.295. The Bertz CT molecular complexity index is 1090. The molecule has 1 fully saturated rings. The molecule has 186 valence electrons. The Morgan fingerprint density at radius 3 is 2.46 bits per heavy atom. The molecule has 9 heteroatoms. The van der Waals surface area contributed by atoms with Crippen molar-refractivity contribution in [2.75, 3.05) is 31.7 Å². The molecule has 0 bridgehead atoms. The molecule has 1 aliphatic heterocycles. The highest BCUT2D eigenvalue weighted by Gasteiger charge is 2.31. The molecule has 0 aliphatic carbocycles. The summed E-state index contributed by atoms with van der Waals surface area (Å²) >= 11 is 6.68. The van der Waals surface area contributed by atoms with E-state index in [2.05, 4.69) is 12.2 Å². The van der Waals surface area contributed by atoms with Crippen molar-refractivity contribution >= 4 is 51.9 Å². The van der Waals surface area contributed by atoms with Gasteiger partial charge in [0.15, 0.2) is 18.1 Å². The average molecular weight is 515 g/mol. The number of unbranched alkanes of at least 4 members (excludes halogenated alkanes) is 1. The molecule has 0 saturated carbocycles. The zero-order valence-electron chi connectivity index (χ0n) is 20.2. The van der Waals surface area contributed by atoms with Gasteiger partial charge >= 0.3 is 0 Å². The second-order valence-electron chi connectivity index (χ2n) is 7.62. The lowest BCUT2D eigenvalue weighted by molar-refractivity contribution is -0.122. The summed E-state index contributed by atoms with van der Waals surface area (Å²) in [4.78, 5) is 27.3. The Morgan fingerprint density at radius 1 is 1.03 bits per heavy atom. The maximum atomic E-state index is 12.7. The average Bonchev–Trinajstić information content (AvgIpc) is 3.10. The van der Waals surface area contributed by atoms with E-state index in [1.807, 2.05) is 19.9 Å². The smallest absolute Gasteiger partial charge is 0.266 e. The zero-order chi connectivity index (χ0) is 25.2. The van der Waals surface area contributed by atoms with E-state index in [1.165, 1.54) is 11.8 Å². The number of ether oxygens (including phenoxy) is 3. The number of rotatable bonds is 12. The van der Waals surface area contributed by atoms with Gasteiger partial charge in [-0.2, -0.15) is 0 Å². The van der Waals surface area contributed by atoms with Gasteiger partial charge < -0.3 is 19.5 Å². The fourth-order valence-electron chi connectivity index (χ4n) is 3.30. The van der Waals surface area contributed by atoms with Gasteiger partial charge in [-0.1, -0.05) is 43.4 Å². The number of anilines is 1. The number of carbonyl (C=O) groups excluding carboxylic acids is 2. The summed E-state index contributed by atoms with van der Waals surface area (Å²) in [5, 5.41) is 2.79. The summed E-state index contributed by atoms with van der Waals surface area (Å²) in [5.74, 6) is 1.32. The summed E-state index contributed by atoms with van der Waals surface area (Å²) in [6.07, 6.45) is 3.70. The Kier molecular flexibility index (Phi) is 9.98. The van der Waals surface area contributed by atoms with Crippen molar-refractivity contribution in [3.8, 4) is 17.2 Å². The van der Waals surface area contributed by atoms with Crippen LogP contribution in [0.15, 0.2) is 47.4 Å². The van der Waals surface area contributed by atoms with Gasteiger partial charge in [-0.25, -0.2) is 0 Å². The van der Waals surface area contributed by atoms with E-state index in [1.54, 1.807) is 47.4 Å². The highest BCUT2D eigenvalue weighted by molar-refractivity contribution is 8.26. The minimum Gasteiger partial charge on any atom is -0.494 e. The van der Waals surface area contributed by atoms with Crippen LogP contribution in [-0.4, -0.2) is 47.4 Å². The van der Waals surface area contributed by atoms with Crippen LogP contribution in [0.25, 0.3) is 6.08 Å². The van der Waals surface area contributed by atoms with Gasteiger partial charge in [-0.3, -0.25) is 14.5 Å². The molecule has 0 aromatic heterocycles. The van der Waals surface area contributed by atoms with Crippen LogP contribution >= 0.6 is 24.0 Å². The van der Waals surface area contributed by atoms with Crippen LogP contribution in [0.5, 0.6) is 17.2 Å². The number of hydrogen-bond acceptors (Lipinski definition) is 7. The Labute approximate surface area is 215 Å². The van der Waals surface area contributed by atoms with Crippen LogP contribution in [0, 0.1) is 0 Å². The maximum Gasteiger partial charge on any atom is 0.266 e. The second kappa shape index (κ2) is 13.2. The number of benzene rings is 2. The summed E-state index contributed by atoms with van der Waals surface area (Å²) in [7, 11) is 0. The van der Waals surface area contributed by atoms with Gasteiger partial charge in [0.1, 0.15) is 10.1 Å². The van der Waals surface area contributed by atoms with Gasteiger partial charge in [-0.15, -0.1) is 0 Å². The van der Waals surface area contributed by atoms with E-state index >= 15 is 0 Å². The molecule has 3 rings (SSSR count). The number of nitrogens with one attached hydrogen (secondary N) is 1. The quantitative estimate of drug-likeness (QED) is 0.296. The molecule has 2 aromatic rings. The van der Waals surface area contributed by atoms with E-state index in [0.29, 0.717) is 46.2 Å². The van der Waals surface area contributed by atoms with Gasteiger partial charge in [0, 0.05) is 12.2 Å². The van der Waals surface area contributed by atoms with Crippen LogP contribution in [0.3, 0.4) is 0 Å². The van der Waals surface area contributed by atoms with E-state index < -0.39 is 0 Å². The number of thiocarbonyl (C=S) groups is 1. The SMILES string of the molecule is CCCCN1C(=O)/C(=C/c2ccc(OCC(=O)Nc3ccc(OCC)cc3)c(OCC)c2)SC1=S. The first-order valence-electron chi connectivity index (χ1n) is 11.6. The van der Waals surface area contributed by atoms with E-state index in [0.717, 1.165) is 24.2 Å². The molecular weight excluding hydrogens is 484 g/mol. The lowest BCUT2D eigenvalue weighted by Gasteiger charge is -2.13. The van der Waals surface area contributed by atoms with Gasteiger partial charge in [-0.05, 0) is 68.3 Å². The van der Waals surface area contributed by atoms with Crippen molar-refractivity contribution < 1.29 is 23.8 Å². The summed E-state index contributed by atoms with van der Waals surface area (Å²) in [6, 6.07) is 12.5. The molecule has 1 aliphatic rings. The number of carbonyl (C=O) groups is 2. The van der Waals surface area contributed by atoms with Gasteiger partial charge in [0.25, 0.3) is 11.8 Å². The second-order valence-corrected chi connectivity index (χ2v) is 9.30. The Balaban J connectivity index is 1.65. The van der Waals surface area contributed by atoms with Crippen molar-refractivity contribution in [1.29, 1.82) is 0 Å². The molecular formula is C26H30N2O5S2. The molecule has 0 radical (unpaired) electrons. The topological polar surface area (TPSA) is 77.1 Å². The van der Waals surface area contributed by atoms with E-state index in [-0.39, 0.29) is 18.4 Å². The molecule has 0 spiro atoms. The third-order valence-electron chi connectivity index (χ3n) is 4.98. The molecule has 1 N–H and O–H groups in total. The predicted molar refractivity (Wildman–Crippen MR) is 144 cm³/mol. The minimum absolute atomic E-state index is 0.0716. The molecule has 35 heavy (non-hydrogen) atoms. The normalized spacial score (nSPS) is 14.4. The van der Waals surface area contributed by atoms with Crippen LogP contribution in [-0.2, 0) is 9.59 Å². The lowest BCUT2D eigenvalue weighted by atomic mass is 10.2. The Hall–Kier alpha value is -3.04. The van der Waals surface area contributed by atoms with Gasteiger partial charge in [0.2, 0.25) is 0 Å². The number of amides is 2. The molecule has 7 nitrogen and oxygen atoms in total. The number of thioether (sulfide) groups is 1. The molecule has 1 saturated heterocycles. The van der Waals surface area contributed by atoms with E-state index in [9.17, 15) is 9.59 Å². The first-order chi connectivity index (χ1) is 16.9. The first kappa shape index (κ1) is 26.6. The molecule has 2 amide bonds. The molecule has 1 heterocycles. The third kappa shape index (κ3) is 7.47. The zero-order valence-corrected chi connectivity index (χ0v) is 21.8. The third-order valence-corrected chi connectivity index (χ3v) is 6.36. The van der Waals surface area contributed by atoms with Gasteiger partial charge in [0.05, 0.1) is 18.1 Å². The Morgan fingerprint density at radius 2 is 1.77 bits per heavy atom. The van der Waals surface area contributed by atoms with Crippen LogP contribution in [0.2, 0.25) is 0 Å². The van der Waals surface area contributed by atoms with Crippen LogP contribution < -0.4 is 19.5 Å². The molecule has 0 atom stereocenters. The van der Waals surface area contributed by atoms with Crippen molar-refractivity contribution in [2.45, 2.75) is 33.6 Å². The predicted octanol–water partition coefficient (Wildman–Crippen LogP) is 5.50. The van der Waals surface area contributed by atoms with Crippen molar-refractivity contribution in [2.24, 2.45) is 0 Å². The highest BCUT2D eigenvalue weighted by atomic mass is 32.2. The van der Waals surface area contributed by atoms with Crippen LogP contribution in [0.1, 0.15) is 39.2 Å². The molecule has 2 aromatic carbocycles. The maximum absolute atomic E-state index is 12.7. The largest absolute Gasteiger partial charge is 0.494 e. The van der Waals surface area contributed by atoms with Crippen LogP contribution in [0.4, 0.5) is 5.69 Å². The van der Waals surface area contributed by atoms with Crippen molar-refractivity contribution in [1.82, 2.24) is 4.90 Å². The summed E-state index contributed by atoms with van der Waals surface area (Å²) in [5.41, 5.74) is 1.44. The van der Waals surface area contributed by atoms with E-state index in [4.69, 9.17) is 26.4 Å². The monoisotopic (exact) mass is 514 g/mol. The standard InChI is InChI=1S/C26H30N2O5S2/c1-4-7-14-28-25(30)23(35-26(28)34)16-18-8-13-21(22(15-18)32-6-3)33-17-24(29)27-19-9-11-20(12-10-19)31-5-2/h8-13,15-16H,4-7,14,17H2,1-3H3,(H,27,29)/b23-16-. The number of nitrogens with zero attached hydrogens (tertiary/aromatic N) is 1. The molecule has 0 unspecified atom stereocenters. The highest BCUT2D eigenvalue weighted by Crippen LogP contribution is 2.35. The van der Waals surface area contributed by atoms with Crippen molar-refractivity contribution in [3.05, 3.63) is 52.9 Å². The summed E-state index contributed by atoms with van der Waals surface area (Å²) in [6.45, 7) is 7.33. The number of hydrogen-bond donors (Lipinski definition) is 1. The summed E-state index contributed by atoms with van der Waals surface area (Å²) < 4.78 is 17.4. The van der Waals surface area contributed by atoms with Crippen molar-refractivity contribution in [3.63, 3.8) is 0 Å². The first-order valence-corrected chi connectivity index (χ1v) is 12.8.